The molecule has 1 aromatic carbocycles. The molecule has 0 aliphatic carbocycles. The van der Waals surface area contributed by atoms with E-state index < -0.39 is 5.97 Å². The number of hydrogen-bond acceptors (Lipinski definition) is 5. The zero-order chi connectivity index (χ0) is 13.1. The lowest BCUT2D eigenvalue weighted by Gasteiger charge is -1.97. The smallest absolute Gasteiger partial charge is 0.379 e. The minimum absolute atomic E-state index is 0.106. The second kappa shape index (κ2) is 5.49. The molecule has 5 nitrogen and oxygen atoms in total. The summed E-state index contributed by atoms with van der Waals surface area (Å²) >= 11 is 9.23. The Kier molecular flexibility index (Phi) is 3.98. The number of nitrogens with zero attached hydrogens (tertiary/aromatic N) is 2. The maximum atomic E-state index is 11.4. The van der Waals surface area contributed by atoms with Gasteiger partial charge in [0.15, 0.2) is 0 Å². The lowest BCUT2D eigenvalue weighted by atomic mass is 10.2. The highest BCUT2D eigenvalue weighted by atomic mass is 79.9. The maximum absolute atomic E-state index is 11.4. The predicted molar refractivity (Wildman–Crippen MR) is 68.4 cm³/mol. The summed E-state index contributed by atoms with van der Waals surface area (Å²) in [5.74, 6) is -0.506. The van der Waals surface area contributed by atoms with Gasteiger partial charge in [0.2, 0.25) is 0 Å². The number of carbonyl (C=O) groups excluding carboxylic acids is 1. The molecule has 0 N–H and O–H groups in total. The molecule has 0 spiro atoms. The first-order chi connectivity index (χ1) is 8.61. The van der Waals surface area contributed by atoms with Crippen LogP contribution in [0.4, 0.5) is 0 Å². The molecule has 0 radical (unpaired) electrons. The minimum Gasteiger partial charge on any atom is -0.460 e. The molecule has 0 aliphatic heterocycles. The van der Waals surface area contributed by atoms with Crippen molar-refractivity contribution in [3.05, 3.63) is 33.5 Å². The molecule has 2 rings (SSSR count). The second-order valence-corrected chi connectivity index (χ2v) is 4.53. The van der Waals surface area contributed by atoms with Gasteiger partial charge >= 0.3 is 5.97 Å². The van der Waals surface area contributed by atoms with Gasteiger partial charge in [-0.1, -0.05) is 11.6 Å². The molecule has 0 saturated carbocycles. The molecule has 0 atom stereocenters. The number of benzene rings is 1. The van der Waals surface area contributed by atoms with Crippen LogP contribution in [0.2, 0.25) is 5.02 Å². The summed E-state index contributed by atoms with van der Waals surface area (Å²) in [6.07, 6.45) is 0. The normalized spacial score (nSPS) is 10.4. The van der Waals surface area contributed by atoms with Crippen molar-refractivity contribution < 1.29 is 14.1 Å². The zero-order valence-electron chi connectivity index (χ0n) is 9.31. The van der Waals surface area contributed by atoms with E-state index in [-0.39, 0.29) is 18.3 Å². The molecule has 0 fully saturated rings. The SMILES string of the molecule is CCOC(=O)c1noc(-c2ccc(Br)c(Cl)c2)n1. The van der Waals surface area contributed by atoms with Crippen LogP contribution in [0.25, 0.3) is 11.5 Å². The standard InChI is InChI=1S/C11H8BrClN2O3/c1-2-17-11(16)9-14-10(18-15-9)6-3-4-7(12)8(13)5-6/h3-5H,2H2,1H3. The van der Waals surface area contributed by atoms with Crippen molar-refractivity contribution in [3.8, 4) is 11.5 Å². The van der Waals surface area contributed by atoms with E-state index in [1.807, 2.05) is 0 Å². The summed E-state index contributed by atoms with van der Waals surface area (Å²) in [6, 6.07) is 5.17. The first-order valence-corrected chi connectivity index (χ1v) is 6.25. The van der Waals surface area contributed by atoms with Gasteiger partial charge in [-0.05, 0) is 46.2 Å². The lowest BCUT2D eigenvalue weighted by molar-refractivity contribution is 0.0508. The topological polar surface area (TPSA) is 65.2 Å². The molecule has 7 heteroatoms. The Bertz CT molecular complexity index is 585. The number of aromatic nitrogens is 2. The molecule has 0 bridgehead atoms. The van der Waals surface area contributed by atoms with Crippen LogP contribution in [-0.2, 0) is 4.74 Å². The molecule has 1 aromatic heterocycles. The molecule has 18 heavy (non-hydrogen) atoms. The van der Waals surface area contributed by atoms with Gasteiger partial charge < -0.3 is 9.26 Å². The highest BCUT2D eigenvalue weighted by Gasteiger charge is 2.17. The fourth-order valence-corrected chi connectivity index (χ4v) is 1.68. The second-order valence-electron chi connectivity index (χ2n) is 3.27. The Balaban J connectivity index is 2.29. The summed E-state index contributed by atoms with van der Waals surface area (Å²) in [5, 5.41) is 4.06. The average molecular weight is 332 g/mol. The van der Waals surface area contributed by atoms with Gasteiger partial charge in [-0.3, -0.25) is 0 Å². The van der Waals surface area contributed by atoms with Crippen LogP contribution in [0.5, 0.6) is 0 Å². The highest BCUT2D eigenvalue weighted by Crippen LogP contribution is 2.27. The third kappa shape index (κ3) is 2.70. The molecular formula is C11H8BrClN2O3. The summed E-state index contributed by atoms with van der Waals surface area (Å²) in [5.41, 5.74) is 0.631. The van der Waals surface area contributed by atoms with Crippen molar-refractivity contribution in [2.45, 2.75) is 6.92 Å². The lowest BCUT2D eigenvalue weighted by Crippen LogP contribution is -2.06. The monoisotopic (exact) mass is 330 g/mol. The first-order valence-electron chi connectivity index (χ1n) is 5.08. The zero-order valence-corrected chi connectivity index (χ0v) is 11.7. The van der Waals surface area contributed by atoms with Crippen molar-refractivity contribution in [2.75, 3.05) is 6.61 Å². The molecule has 1 heterocycles. The van der Waals surface area contributed by atoms with E-state index in [2.05, 4.69) is 26.1 Å². The van der Waals surface area contributed by atoms with E-state index in [0.717, 1.165) is 4.47 Å². The maximum Gasteiger partial charge on any atom is 0.379 e. The Morgan fingerprint density at radius 1 is 1.56 bits per heavy atom. The predicted octanol–water partition coefficient (Wildman–Crippen LogP) is 3.33. The number of hydrogen-bond donors (Lipinski definition) is 0. The quantitative estimate of drug-likeness (QED) is 0.807. The Labute approximate surface area is 116 Å². The summed E-state index contributed by atoms with van der Waals surface area (Å²) < 4.78 is 10.5. The highest BCUT2D eigenvalue weighted by molar-refractivity contribution is 9.10. The van der Waals surface area contributed by atoms with Crippen molar-refractivity contribution in [2.24, 2.45) is 0 Å². The Morgan fingerprint density at radius 2 is 2.33 bits per heavy atom. The first kappa shape index (κ1) is 13.0. The van der Waals surface area contributed by atoms with E-state index in [4.69, 9.17) is 20.9 Å². The molecule has 0 amide bonds. The largest absolute Gasteiger partial charge is 0.460 e. The van der Waals surface area contributed by atoms with Crippen molar-refractivity contribution in [1.82, 2.24) is 10.1 Å². The van der Waals surface area contributed by atoms with Crippen molar-refractivity contribution in [1.29, 1.82) is 0 Å². The number of carbonyl (C=O) groups is 1. The van der Waals surface area contributed by atoms with Crippen LogP contribution < -0.4 is 0 Å². The number of halogens is 2. The van der Waals surface area contributed by atoms with Gasteiger partial charge in [0.25, 0.3) is 11.7 Å². The molecule has 2 aromatic rings. The molecule has 0 saturated heterocycles. The minimum atomic E-state index is -0.615. The van der Waals surface area contributed by atoms with Crippen LogP contribution in [0.15, 0.2) is 27.2 Å². The van der Waals surface area contributed by atoms with E-state index >= 15 is 0 Å². The molecule has 0 aliphatic rings. The van der Waals surface area contributed by atoms with Gasteiger partial charge in [-0.2, -0.15) is 4.98 Å². The van der Waals surface area contributed by atoms with Gasteiger partial charge in [-0.25, -0.2) is 4.79 Å². The fourth-order valence-electron chi connectivity index (χ4n) is 1.25. The van der Waals surface area contributed by atoms with Crippen molar-refractivity contribution in [3.63, 3.8) is 0 Å². The number of esters is 1. The van der Waals surface area contributed by atoms with Crippen LogP contribution in [0, 0.1) is 0 Å². The van der Waals surface area contributed by atoms with Crippen LogP contribution in [0.1, 0.15) is 17.5 Å². The van der Waals surface area contributed by atoms with Gasteiger partial charge in [0.05, 0.1) is 11.6 Å². The third-order valence-corrected chi connectivity index (χ3v) is 3.28. The molecule has 0 unspecified atom stereocenters. The Morgan fingerprint density at radius 3 is 3.00 bits per heavy atom. The molecule has 94 valence electrons. The van der Waals surface area contributed by atoms with E-state index in [1.165, 1.54) is 0 Å². The number of ether oxygens (including phenoxy) is 1. The van der Waals surface area contributed by atoms with Crippen LogP contribution in [0.3, 0.4) is 0 Å². The Hall–Kier alpha value is -1.40. The van der Waals surface area contributed by atoms with Crippen LogP contribution >= 0.6 is 27.5 Å². The average Bonchev–Trinajstić information content (AvgIpc) is 2.82. The van der Waals surface area contributed by atoms with Crippen molar-refractivity contribution >= 4 is 33.5 Å². The fraction of sp³-hybridized carbons (Fsp3) is 0.182. The summed E-state index contributed by atoms with van der Waals surface area (Å²) in [6.45, 7) is 1.96. The van der Waals surface area contributed by atoms with Gasteiger partial charge in [0, 0.05) is 10.0 Å². The summed E-state index contributed by atoms with van der Waals surface area (Å²) in [4.78, 5) is 15.3. The molecular weight excluding hydrogens is 323 g/mol. The summed E-state index contributed by atoms with van der Waals surface area (Å²) in [7, 11) is 0. The van der Waals surface area contributed by atoms with Gasteiger partial charge in [0.1, 0.15) is 0 Å². The van der Waals surface area contributed by atoms with E-state index in [0.29, 0.717) is 10.6 Å². The van der Waals surface area contributed by atoms with E-state index in [1.54, 1.807) is 25.1 Å². The number of rotatable bonds is 3. The third-order valence-electron chi connectivity index (χ3n) is 2.05. The van der Waals surface area contributed by atoms with Gasteiger partial charge in [-0.15, -0.1) is 0 Å². The van der Waals surface area contributed by atoms with Crippen LogP contribution in [-0.4, -0.2) is 22.7 Å². The van der Waals surface area contributed by atoms with E-state index in [9.17, 15) is 4.79 Å².